The molecule has 1 aliphatic heterocycles. The molecule has 0 fully saturated rings. The van der Waals surface area contributed by atoms with Gasteiger partial charge < -0.3 is 5.11 Å². The fraction of sp³-hybridized carbons (Fsp3) is 0.667. The second kappa shape index (κ2) is 2.27. The molecule has 9 heavy (non-hydrogen) atoms. The lowest BCUT2D eigenvalue weighted by atomic mass is 10.1. The van der Waals surface area contributed by atoms with Crippen molar-refractivity contribution in [3.63, 3.8) is 0 Å². The molecule has 0 aromatic rings. The van der Waals surface area contributed by atoms with Crippen molar-refractivity contribution in [2.45, 2.75) is 13.3 Å². The van der Waals surface area contributed by atoms with Gasteiger partial charge in [0.25, 0.3) is 0 Å². The Hall–Kier alpha value is -0.700. The number of aliphatic hydroxyl groups is 1. The Bertz CT molecular complexity index is 133. The molecule has 0 spiro atoms. The van der Waals surface area contributed by atoms with Gasteiger partial charge in [-0.3, -0.25) is 5.21 Å². The van der Waals surface area contributed by atoms with Crippen molar-refractivity contribution in [1.82, 2.24) is 5.06 Å². The van der Waals surface area contributed by atoms with E-state index in [1.807, 2.05) is 6.92 Å². The lowest BCUT2D eigenvalue weighted by Gasteiger charge is -2.22. The van der Waals surface area contributed by atoms with Crippen molar-refractivity contribution in [3.05, 3.63) is 12.0 Å². The largest absolute Gasteiger partial charge is 0.493 e. The number of allylic oxidation sites excluding steroid dienone is 1. The maximum atomic E-state index is 8.89. The number of hydroxylamine groups is 2. The average molecular weight is 129 g/mol. The van der Waals surface area contributed by atoms with Crippen LogP contribution in [0, 0.1) is 5.92 Å². The molecular formula is C6H11NO2. The molecule has 1 unspecified atom stereocenters. The summed E-state index contributed by atoms with van der Waals surface area (Å²) < 4.78 is 0. The van der Waals surface area contributed by atoms with Crippen LogP contribution in [0.4, 0.5) is 0 Å². The Morgan fingerprint density at radius 3 is 2.89 bits per heavy atom. The summed E-state index contributed by atoms with van der Waals surface area (Å²) in [6.45, 7) is 2.53. The molecule has 1 heterocycles. The highest BCUT2D eigenvalue weighted by Crippen LogP contribution is 2.14. The van der Waals surface area contributed by atoms with E-state index in [-0.39, 0.29) is 5.88 Å². The van der Waals surface area contributed by atoms with E-state index in [1.54, 1.807) is 6.08 Å². The molecule has 0 saturated carbocycles. The number of hydrogen-bond donors (Lipinski definition) is 2. The third-order valence-corrected chi connectivity index (χ3v) is 1.49. The first-order valence-corrected chi connectivity index (χ1v) is 3.07. The zero-order valence-electron chi connectivity index (χ0n) is 5.41. The van der Waals surface area contributed by atoms with Crippen LogP contribution in [-0.2, 0) is 0 Å². The number of aliphatic hydroxyl groups excluding tert-OH is 1. The van der Waals surface area contributed by atoms with Crippen LogP contribution in [0.25, 0.3) is 0 Å². The molecule has 0 radical (unpaired) electrons. The third-order valence-electron chi connectivity index (χ3n) is 1.49. The molecule has 3 nitrogen and oxygen atoms in total. The molecule has 1 atom stereocenters. The van der Waals surface area contributed by atoms with Gasteiger partial charge in [0.1, 0.15) is 0 Å². The fourth-order valence-corrected chi connectivity index (χ4v) is 0.864. The van der Waals surface area contributed by atoms with E-state index in [1.165, 1.54) is 0 Å². The fourth-order valence-electron chi connectivity index (χ4n) is 0.864. The van der Waals surface area contributed by atoms with Gasteiger partial charge in [0.15, 0.2) is 0 Å². The molecule has 0 amide bonds. The van der Waals surface area contributed by atoms with Crippen LogP contribution in [0.1, 0.15) is 13.3 Å². The van der Waals surface area contributed by atoms with Gasteiger partial charge in [-0.25, -0.2) is 5.06 Å². The van der Waals surface area contributed by atoms with E-state index in [0.717, 1.165) is 11.5 Å². The minimum Gasteiger partial charge on any atom is -0.493 e. The molecule has 0 aromatic carbocycles. The molecular weight excluding hydrogens is 118 g/mol. The summed E-state index contributed by atoms with van der Waals surface area (Å²) in [5, 5.41) is 18.6. The summed E-state index contributed by atoms with van der Waals surface area (Å²) in [5.41, 5.74) is 0. The highest BCUT2D eigenvalue weighted by molar-refractivity contribution is 4.95. The minimum atomic E-state index is -0.0197. The molecule has 0 aromatic heterocycles. The molecule has 0 aliphatic carbocycles. The maximum Gasteiger partial charge on any atom is 0.207 e. The highest BCUT2D eigenvalue weighted by atomic mass is 16.5. The van der Waals surface area contributed by atoms with Gasteiger partial charge in [-0.05, 0) is 18.4 Å². The van der Waals surface area contributed by atoms with Gasteiger partial charge in [0, 0.05) is 6.54 Å². The van der Waals surface area contributed by atoms with Gasteiger partial charge in [-0.2, -0.15) is 0 Å². The summed E-state index contributed by atoms with van der Waals surface area (Å²) in [6.07, 6.45) is 2.55. The second-order valence-corrected chi connectivity index (χ2v) is 2.41. The zero-order valence-corrected chi connectivity index (χ0v) is 5.41. The molecule has 0 bridgehead atoms. The van der Waals surface area contributed by atoms with Gasteiger partial charge in [-0.1, -0.05) is 6.92 Å². The van der Waals surface area contributed by atoms with Crippen molar-refractivity contribution in [2.75, 3.05) is 6.54 Å². The number of rotatable bonds is 0. The standard InChI is InChI=1S/C6H11NO2/c1-5-2-3-7(9)6(8)4-5/h4-5,8-9H,2-3H2,1H3. The summed E-state index contributed by atoms with van der Waals surface area (Å²) in [7, 11) is 0. The predicted molar refractivity (Wildman–Crippen MR) is 33.0 cm³/mol. The van der Waals surface area contributed by atoms with E-state index < -0.39 is 0 Å². The molecule has 3 heteroatoms. The first-order valence-electron chi connectivity index (χ1n) is 3.07. The zero-order chi connectivity index (χ0) is 6.85. The first kappa shape index (κ1) is 6.42. The van der Waals surface area contributed by atoms with Crippen LogP contribution in [0.5, 0.6) is 0 Å². The normalized spacial score (nSPS) is 28.0. The van der Waals surface area contributed by atoms with Crippen LogP contribution < -0.4 is 0 Å². The summed E-state index contributed by atoms with van der Waals surface area (Å²) in [5.74, 6) is 0.363. The van der Waals surface area contributed by atoms with Crippen molar-refractivity contribution in [3.8, 4) is 0 Å². The molecule has 52 valence electrons. The van der Waals surface area contributed by atoms with Crippen LogP contribution in [-0.4, -0.2) is 21.9 Å². The van der Waals surface area contributed by atoms with Gasteiger partial charge in [0.2, 0.25) is 5.88 Å². The molecule has 1 rings (SSSR count). The van der Waals surface area contributed by atoms with Crippen LogP contribution >= 0.6 is 0 Å². The highest BCUT2D eigenvalue weighted by Gasteiger charge is 2.13. The van der Waals surface area contributed by atoms with E-state index >= 15 is 0 Å². The summed E-state index contributed by atoms with van der Waals surface area (Å²) in [6, 6.07) is 0. The Kier molecular flexibility index (Phi) is 1.62. The molecule has 0 saturated heterocycles. The lowest BCUT2D eigenvalue weighted by Crippen LogP contribution is -2.25. The van der Waals surface area contributed by atoms with E-state index in [2.05, 4.69) is 0 Å². The predicted octanol–water partition coefficient (Wildman–Crippen LogP) is 1.12. The summed E-state index contributed by atoms with van der Waals surface area (Å²) >= 11 is 0. The van der Waals surface area contributed by atoms with E-state index in [9.17, 15) is 0 Å². The van der Waals surface area contributed by atoms with Crippen molar-refractivity contribution < 1.29 is 10.3 Å². The van der Waals surface area contributed by atoms with Gasteiger partial charge in [-0.15, -0.1) is 0 Å². The topological polar surface area (TPSA) is 43.7 Å². The van der Waals surface area contributed by atoms with Crippen molar-refractivity contribution in [2.24, 2.45) is 5.92 Å². The van der Waals surface area contributed by atoms with Crippen LogP contribution in [0.15, 0.2) is 12.0 Å². The minimum absolute atomic E-state index is 0.0197. The molecule has 2 N–H and O–H groups in total. The Balaban J connectivity index is 2.61. The average Bonchev–Trinajstić information content (AvgIpc) is 1.80. The lowest BCUT2D eigenvalue weighted by molar-refractivity contribution is -0.102. The SMILES string of the molecule is CC1C=C(O)N(O)CC1. The smallest absolute Gasteiger partial charge is 0.207 e. The van der Waals surface area contributed by atoms with Crippen LogP contribution in [0.2, 0.25) is 0 Å². The first-order chi connectivity index (χ1) is 4.20. The second-order valence-electron chi connectivity index (χ2n) is 2.41. The Morgan fingerprint density at radius 1 is 1.78 bits per heavy atom. The quantitative estimate of drug-likeness (QED) is 0.515. The van der Waals surface area contributed by atoms with Crippen LogP contribution in [0.3, 0.4) is 0 Å². The monoisotopic (exact) mass is 129 g/mol. The third kappa shape index (κ3) is 1.36. The summed E-state index contributed by atoms with van der Waals surface area (Å²) in [4.78, 5) is 0. The van der Waals surface area contributed by atoms with E-state index in [4.69, 9.17) is 10.3 Å². The Labute approximate surface area is 54.2 Å². The van der Waals surface area contributed by atoms with E-state index in [0.29, 0.717) is 12.5 Å². The van der Waals surface area contributed by atoms with Gasteiger partial charge >= 0.3 is 0 Å². The van der Waals surface area contributed by atoms with Gasteiger partial charge in [0.05, 0.1) is 0 Å². The van der Waals surface area contributed by atoms with Crippen molar-refractivity contribution in [1.29, 1.82) is 0 Å². The molecule has 1 aliphatic rings. The Morgan fingerprint density at radius 2 is 2.44 bits per heavy atom. The van der Waals surface area contributed by atoms with Crippen molar-refractivity contribution >= 4 is 0 Å². The maximum absolute atomic E-state index is 8.89. The number of hydrogen-bond acceptors (Lipinski definition) is 3. The number of nitrogens with zero attached hydrogens (tertiary/aromatic N) is 1.